The van der Waals surface area contributed by atoms with Crippen LogP contribution in [0.5, 0.6) is 0 Å². The average molecular weight is 580 g/mol. The van der Waals surface area contributed by atoms with E-state index in [1.165, 1.54) is 57.4 Å². The standard InChI is InChI=1S/C27H24ClF2N9O2/c1-16(2)27(40)36(3)14-23(37-12-19(11-33-37)17-8-9-31-24(29)10-17)21-6-4-18(13-39(21)41)25-22(38-15-32-34-35-38)7-5-20(28)26(25)30/h4-13,15-16,23H,14H2,1-3H3. The number of benzene rings is 1. The van der Waals surface area contributed by atoms with Crippen molar-refractivity contribution >= 4 is 17.5 Å². The molecule has 5 aromatic rings. The number of nitrogens with zero attached hydrogens (tertiary/aromatic N) is 9. The molecule has 0 aliphatic heterocycles. The second-order valence-electron chi connectivity index (χ2n) is 9.64. The van der Waals surface area contributed by atoms with Crippen molar-refractivity contribution in [2.75, 3.05) is 13.6 Å². The van der Waals surface area contributed by atoms with E-state index in [-0.39, 0.29) is 45.9 Å². The van der Waals surface area contributed by atoms with Gasteiger partial charge in [-0.1, -0.05) is 25.4 Å². The Kier molecular flexibility index (Phi) is 7.70. The molecule has 5 rings (SSSR count). The summed E-state index contributed by atoms with van der Waals surface area (Å²) in [5.41, 5.74) is 1.92. The third-order valence-corrected chi connectivity index (χ3v) is 6.83. The summed E-state index contributed by atoms with van der Waals surface area (Å²) >= 11 is 6.08. The summed E-state index contributed by atoms with van der Waals surface area (Å²) in [5, 5.41) is 28.9. The minimum Gasteiger partial charge on any atom is -0.618 e. The summed E-state index contributed by atoms with van der Waals surface area (Å²) in [6, 6.07) is 8.21. The van der Waals surface area contributed by atoms with E-state index in [0.29, 0.717) is 15.9 Å². The lowest BCUT2D eigenvalue weighted by atomic mass is 10.0. The van der Waals surface area contributed by atoms with Gasteiger partial charge in [-0.15, -0.1) is 5.10 Å². The molecular formula is C27H24ClF2N9O2. The lowest BCUT2D eigenvalue weighted by molar-refractivity contribution is -0.615. The molecule has 0 aliphatic rings. The quantitative estimate of drug-likeness (QED) is 0.155. The zero-order valence-electron chi connectivity index (χ0n) is 22.2. The van der Waals surface area contributed by atoms with Crippen molar-refractivity contribution in [2.24, 2.45) is 5.92 Å². The van der Waals surface area contributed by atoms with Crippen LogP contribution in [0.3, 0.4) is 0 Å². The minimum atomic E-state index is -0.743. The second-order valence-corrected chi connectivity index (χ2v) is 10.1. The number of aromatic nitrogens is 8. The highest BCUT2D eigenvalue weighted by Gasteiger charge is 2.29. The zero-order chi connectivity index (χ0) is 29.3. The van der Waals surface area contributed by atoms with Crippen molar-refractivity contribution in [3.05, 3.63) is 95.2 Å². The Hall–Kier alpha value is -4.78. The fraction of sp³-hybridized carbons (Fsp3) is 0.222. The Bertz CT molecular complexity index is 1710. The van der Waals surface area contributed by atoms with E-state index in [1.807, 2.05) is 0 Å². The number of pyridine rings is 2. The SMILES string of the molecule is CC(C)C(=O)N(C)CC(c1ccc(-c2c(-n3cnnn3)ccc(Cl)c2F)c[n+]1[O-])n1cc(-c2ccnc(F)c2)cn1. The Labute approximate surface area is 238 Å². The maximum Gasteiger partial charge on any atom is 0.224 e. The summed E-state index contributed by atoms with van der Waals surface area (Å²) in [5.74, 6) is -1.78. The molecule has 1 atom stereocenters. The number of tetrazole rings is 1. The highest BCUT2D eigenvalue weighted by molar-refractivity contribution is 6.31. The Morgan fingerprint density at radius 3 is 2.63 bits per heavy atom. The molecule has 0 N–H and O–H groups in total. The van der Waals surface area contributed by atoms with Crippen LogP contribution in [0.2, 0.25) is 5.02 Å². The fourth-order valence-electron chi connectivity index (χ4n) is 4.52. The highest BCUT2D eigenvalue weighted by Crippen LogP contribution is 2.33. The molecule has 0 fully saturated rings. The lowest BCUT2D eigenvalue weighted by Gasteiger charge is -2.25. The first kappa shape index (κ1) is 27.8. The Morgan fingerprint density at radius 1 is 1.15 bits per heavy atom. The predicted molar refractivity (Wildman–Crippen MR) is 145 cm³/mol. The van der Waals surface area contributed by atoms with Gasteiger partial charge >= 0.3 is 0 Å². The van der Waals surface area contributed by atoms with Gasteiger partial charge in [-0.05, 0) is 40.3 Å². The third kappa shape index (κ3) is 5.61. The molecule has 0 aliphatic carbocycles. The number of rotatable bonds is 8. The lowest BCUT2D eigenvalue weighted by Crippen LogP contribution is -2.42. The third-order valence-electron chi connectivity index (χ3n) is 6.54. The van der Waals surface area contributed by atoms with Gasteiger partial charge in [-0.3, -0.25) is 9.48 Å². The normalized spacial score (nSPS) is 12.1. The van der Waals surface area contributed by atoms with Gasteiger partial charge in [0.05, 0.1) is 34.6 Å². The molecular weight excluding hydrogens is 556 g/mol. The topological polar surface area (TPSA) is 122 Å². The van der Waals surface area contributed by atoms with Crippen LogP contribution in [0.15, 0.2) is 67.5 Å². The monoisotopic (exact) mass is 579 g/mol. The second kappa shape index (κ2) is 11.4. The van der Waals surface area contributed by atoms with Crippen molar-refractivity contribution in [1.29, 1.82) is 0 Å². The van der Waals surface area contributed by atoms with Gasteiger partial charge in [0.25, 0.3) is 0 Å². The molecule has 1 unspecified atom stereocenters. The van der Waals surface area contributed by atoms with Crippen molar-refractivity contribution < 1.29 is 18.3 Å². The van der Waals surface area contributed by atoms with Crippen molar-refractivity contribution in [3.8, 4) is 27.9 Å². The van der Waals surface area contributed by atoms with Crippen molar-refractivity contribution in [1.82, 2.24) is 39.9 Å². The van der Waals surface area contributed by atoms with E-state index < -0.39 is 17.8 Å². The number of carbonyl (C=O) groups excluding carboxylic acids is 1. The molecule has 0 spiro atoms. The Morgan fingerprint density at radius 2 is 1.95 bits per heavy atom. The molecule has 41 heavy (non-hydrogen) atoms. The number of halogens is 3. The zero-order valence-corrected chi connectivity index (χ0v) is 22.9. The summed E-state index contributed by atoms with van der Waals surface area (Å²) in [7, 11) is 1.64. The van der Waals surface area contributed by atoms with Gasteiger partial charge in [0.15, 0.2) is 18.1 Å². The van der Waals surface area contributed by atoms with Crippen LogP contribution in [0.4, 0.5) is 8.78 Å². The fourth-order valence-corrected chi connectivity index (χ4v) is 4.68. The molecule has 4 heterocycles. The Balaban J connectivity index is 1.58. The van der Waals surface area contributed by atoms with E-state index in [0.717, 1.165) is 0 Å². The molecule has 210 valence electrons. The number of carbonyl (C=O) groups is 1. The molecule has 0 saturated heterocycles. The smallest absolute Gasteiger partial charge is 0.224 e. The first-order valence-electron chi connectivity index (χ1n) is 12.5. The van der Waals surface area contributed by atoms with Crippen LogP contribution < -0.4 is 4.73 Å². The van der Waals surface area contributed by atoms with Crippen LogP contribution in [0, 0.1) is 22.9 Å². The molecule has 4 aromatic heterocycles. The van der Waals surface area contributed by atoms with Gasteiger partial charge < -0.3 is 10.1 Å². The molecule has 0 bridgehead atoms. The van der Waals surface area contributed by atoms with Crippen LogP contribution in [-0.4, -0.2) is 59.4 Å². The maximum atomic E-state index is 15.3. The summed E-state index contributed by atoms with van der Waals surface area (Å²) in [4.78, 5) is 17.8. The van der Waals surface area contributed by atoms with E-state index in [2.05, 4.69) is 25.6 Å². The van der Waals surface area contributed by atoms with Gasteiger partial charge in [-0.2, -0.15) is 18.9 Å². The first-order chi connectivity index (χ1) is 19.6. The van der Waals surface area contributed by atoms with Crippen molar-refractivity contribution in [2.45, 2.75) is 19.9 Å². The van der Waals surface area contributed by atoms with E-state index >= 15 is 4.39 Å². The summed E-state index contributed by atoms with van der Waals surface area (Å²) < 4.78 is 32.5. The van der Waals surface area contributed by atoms with Crippen LogP contribution in [-0.2, 0) is 4.79 Å². The summed E-state index contributed by atoms with van der Waals surface area (Å²) in [6.45, 7) is 3.66. The predicted octanol–water partition coefficient (Wildman–Crippen LogP) is 3.86. The van der Waals surface area contributed by atoms with E-state index in [9.17, 15) is 14.4 Å². The maximum absolute atomic E-state index is 15.3. The average Bonchev–Trinajstić information content (AvgIpc) is 3.66. The molecule has 1 aromatic carbocycles. The highest BCUT2D eigenvalue weighted by atomic mass is 35.5. The molecule has 14 heteroatoms. The van der Waals surface area contributed by atoms with Crippen LogP contribution in [0.1, 0.15) is 25.6 Å². The van der Waals surface area contributed by atoms with Gasteiger partial charge in [0.2, 0.25) is 17.5 Å². The van der Waals surface area contributed by atoms with Crippen LogP contribution >= 0.6 is 11.6 Å². The number of hydrogen-bond donors (Lipinski definition) is 0. The van der Waals surface area contributed by atoms with Gasteiger partial charge in [0, 0.05) is 43.1 Å². The van der Waals surface area contributed by atoms with Gasteiger partial charge in [0.1, 0.15) is 6.33 Å². The molecule has 0 radical (unpaired) electrons. The van der Waals surface area contributed by atoms with Crippen LogP contribution in [0.25, 0.3) is 27.9 Å². The number of likely N-dealkylation sites (N-methyl/N-ethyl adjacent to an activating group) is 1. The molecule has 1 amide bonds. The van der Waals surface area contributed by atoms with Crippen molar-refractivity contribution in [3.63, 3.8) is 0 Å². The number of hydrogen-bond acceptors (Lipinski definition) is 7. The van der Waals surface area contributed by atoms with E-state index in [1.54, 1.807) is 45.3 Å². The largest absolute Gasteiger partial charge is 0.618 e. The molecule has 0 saturated carbocycles. The van der Waals surface area contributed by atoms with E-state index in [4.69, 9.17) is 11.6 Å². The first-order valence-corrected chi connectivity index (χ1v) is 12.9. The molecule has 11 nitrogen and oxygen atoms in total. The summed E-state index contributed by atoms with van der Waals surface area (Å²) in [6.07, 6.45) is 7.06. The minimum absolute atomic E-state index is 0.0330. The number of amides is 1. The van der Waals surface area contributed by atoms with Gasteiger partial charge in [-0.25, -0.2) is 9.37 Å².